The minimum absolute atomic E-state index is 0.457. The van der Waals surface area contributed by atoms with Gasteiger partial charge in [-0.25, -0.2) is 15.1 Å². The number of fused-ring (bicyclic) bond motifs is 1. The number of hydrogen-bond donors (Lipinski definition) is 2. The average molecular weight is 482 g/mol. The Labute approximate surface area is 211 Å². The third-order valence-electron chi connectivity index (χ3n) is 6.44. The number of unbranched alkanes of at least 4 members (excludes halogenated alkanes) is 2. The lowest BCUT2D eigenvalue weighted by atomic mass is 10.00. The number of aliphatic hydroxyl groups is 1. The molecule has 8 heteroatoms. The molecule has 2 aromatic carbocycles. The second-order valence-electron chi connectivity index (χ2n) is 9.41. The molecule has 0 spiro atoms. The molecule has 4 aromatic rings. The molecule has 184 valence electrons. The number of H-pyrrole nitrogens is 1. The van der Waals surface area contributed by atoms with Gasteiger partial charge in [-0.3, -0.25) is 0 Å². The number of aromatic amines is 1. The number of anilines is 1. The quantitative estimate of drug-likeness (QED) is 0.356. The number of benzene rings is 2. The smallest absolute Gasteiger partial charge is 0.171 e. The van der Waals surface area contributed by atoms with E-state index in [2.05, 4.69) is 94.0 Å². The molecule has 1 atom stereocenters. The first-order valence-corrected chi connectivity index (χ1v) is 12.4. The number of nitrogens with one attached hydrogen (secondary N) is 1. The van der Waals surface area contributed by atoms with E-state index < -0.39 is 6.10 Å². The van der Waals surface area contributed by atoms with Crippen LogP contribution >= 0.6 is 0 Å². The molecular formula is C28H31N7O. The van der Waals surface area contributed by atoms with Crippen LogP contribution < -0.4 is 4.90 Å². The molecule has 0 aliphatic carbocycles. The van der Waals surface area contributed by atoms with E-state index in [9.17, 15) is 5.11 Å². The number of aliphatic hydroxyl groups excluding tert-OH is 1. The Morgan fingerprint density at radius 1 is 0.944 bits per heavy atom. The fourth-order valence-corrected chi connectivity index (χ4v) is 4.50. The zero-order chi connectivity index (χ0) is 24.9. The summed E-state index contributed by atoms with van der Waals surface area (Å²) in [4.78, 5) is 12.5. The van der Waals surface area contributed by atoms with E-state index in [0.717, 1.165) is 59.8 Å². The van der Waals surface area contributed by atoms with Gasteiger partial charge in [0.15, 0.2) is 11.6 Å². The largest absolute Gasteiger partial charge is 0.391 e. The minimum Gasteiger partial charge on any atom is -0.391 e. The molecular weight excluding hydrogens is 450 g/mol. The summed E-state index contributed by atoms with van der Waals surface area (Å²) < 4.78 is 0. The third-order valence-corrected chi connectivity index (χ3v) is 6.44. The Hall–Kier alpha value is -3.91. The van der Waals surface area contributed by atoms with E-state index in [1.54, 1.807) is 0 Å². The van der Waals surface area contributed by atoms with E-state index in [1.165, 1.54) is 11.1 Å². The zero-order valence-corrected chi connectivity index (χ0v) is 20.7. The topological polar surface area (TPSA) is 104 Å². The monoisotopic (exact) mass is 481 g/mol. The average Bonchev–Trinajstić information content (AvgIpc) is 3.40. The van der Waals surface area contributed by atoms with Crippen molar-refractivity contribution in [2.45, 2.75) is 45.6 Å². The van der Waals surface area contributed by atoms with Crippen LogP contribution in [0.15, 0.2) is 54.6 Å². The predicted molar refractivity (Wildman–Crippen MR) is 141 cm³/mol. The highest BCUT2D eigenvalue weighted by Crippen LogP contribution is 2.35. The maximum atomic E-state index is 10.6. The van der Waals surface area contributed by atoms with Crippen LogP contribution in [0.1, 0.15) is 41.9 Å². The summed E-state index contributed by atoms with van der Waals surface area (Å²) in [5.41, 5.74) is 7.09. The maximum Gasteiger partial charge on any atom is 0.171 e. The van der Waals surface area contributed by atoms with Crippen molar-refractivity contribution in [3.63, 3.8) is 0 Å². The molecule has 2 N–H and O–H groups in total. The lowest BCUT2D eigenvalue weighted by Gasteiger charge is -2.33. The minimum atomic E-state index is -0.457. The van der Waals surface area contributed by atoms with Crippen LogP contribution in [0.4, 0.5) is 5.82 Å². The van der Waals surface area contributed by atoms with Crippen LogP contribution in [0.2, 0.25) is 0 Å². The molecule has 0 radical (unpaired) electrons. The van der Waals surface area contributed by atoms with Gasteiger partial charge in [-0.2, -0.15) is 0 Å². The van der Waals surface area contributed by atoms with Crippen LogP contribution in [-0.2, 0) is 6.42 Å². The number of allylic oxidation sites excluding steroid dienone is 1. The van der Waals surface area contributed by atoms with Gasteiger partial charge in [0.1, 0.15) is 0 Å². The van der Waals surface area contributed by atoms with Gasteiger partial charge < -0.3 is 10.0 Å². The standard InChI is InChI=1S/C28H31N7O/c1-19-8-12-21(13-9-19)26-27(22-14-10-20(2)11-15-22)30-28-24(29-26)17-23(36)18-35(28)16-6-4-3-5-7-25-31-33-34-32-25/h5,7-15,23,36H,3-4,6,16-18H2,1-2H3,(H,31,32,33,34). The molecule has 8 nitrogen and oxygen atoms in total. The maximum absolute atomic E-state index is 10.6. The van der Waals surface area contributed by atoms with Crippen LogP contribution in [0, 0.1) is 13.8 Å². The molecule has 0 fully saturated rings. The van der Waals surface area contributed by atoms with Crippen molar-refractivity contribution in [3.8, 4) is 22.5 Å². The first-order chi connectivity index (χ1) is 17.6. The van der Waals surface area contributed by atoms with Gasteiger partial charge in [0, 0.05) is 30.6 Å². The van der Waals surface area contributed by atoms with Crippen molar-refractivity contribution in [1.82, 2.24) is 30.6 Å². The third kappa shape index (κ3) is 5.49. The zero-order valence-electron chi connectivity index (χ0n) is 20.7. The Kier molecular flexibility index (Phi) is 7.13. The van der Waals surface area contributed by atoms with Crippen molar-refractivity contribution in [2.75, 3.05) is 18.0 Å². The first-order valence-electron chi connectivity index (χ1n) is 12.4. The summed E-state index contributed by atoms with van der Waals surface area (Å²) in [7, 11) is 0. The number of nitrogens with zero attached hydrogens (tertiary/aromatic N) is 6. The molecule has 2 aromatic heterocycles. The van der Waals surface area contributed by atoms with Gasteiger partial charge >= 0.3 is 0 Å². The normalized spacial score (nSPS) is 15.4. The Bertz CT molecular complexity index is 1320. The summed E-state index contributed by atoms with van der Waals surface area (Å²) in [6.07, 6.45) is 6.94. The summed E-state index contributed by atoms with van der Waals surface area (Å²) in [6.45, 7) is 5.55. The van der Waals surface area contributed by atoms with Crippen LogP contribution in [0.5, 0.6) is 0 Å². The molecule has 0 saturated heterocycles. The van der Waals surface area contributed by atoms with Crippen LogP contribution in [0.3, 0.4) is 0 Å². The lowest BCUT2D eigenvalue weighted by Crippen LogP contribution is -2.40. The Balaban J connectivity index is 1.41. The number of β-amino-alcohol motifs (C(OH)–C–C–N with tert-alkyl or cyclic N) is 1. The Morgan fingerprint density at radius 3 is 2.25 bits per heavy atom. The molecule has 1 aliphatic heterocycles. The van der Waals surface area contributed by atoms with Gasteiger partial charge in [0.25, 0.3) is 0 Å². The molecule has 3 heterocycles. The van der Waals surface area contributed by atoms with E-state index >= 15 is 0 Å². The van der Waals surface area contributed by atoms with E-state index in [0.29, 0.717) is 18.8 Å². The SMILES string of the molecule is Cc1ccc(-c2nc3c(nc2-c2ccc(C)cc2)N(CCCCC=Cc2nnn[nH]2)CC(O)C3)cc1. The van der Waals surface area contributed by atoms with Crippen molar-refractivity contribution < 1.29 is 5.11 Å². The highest BCUT2D eigenvalue weighted by molar-refractivity contribution is 5.80. The fourth-order valence-electron chi connectivity index (χ4n) is 4.50. The van der Waals surface area contributed by atoms with Gasteiger partial charge in [-0.05, 0) is 49.6 Å². The van der Waals surface area contributed by atoms with Crippen molar-refractivity contribution >= 4 is 11.9 Å². The summed E-state index contributed by atoms with van der Waals surface area (Å²) in [5.74, 6) is 1.54. The van der Waals surface area contributed by atoms with Crippen molar-refractivity contribution in [2.24, 2.45) is 0 Å². The van der Waals surface area contributed by atoms with Gasteiger partial charge in [0.05, 0.1) is 23.2 Å². The first kappa shape index (κ1) is 23.8. The summed E-state index contributed by atoms with van der Waals surface area (Å²) in [5, 5.41) is 24.4. The van der Waals surface area contributed by atoms with Crippen LogP contribution in [0.25, 0.3) is 28.6 Å². The van der Waals surface area contributed by atoms with E-state index in [-0.39, 0.29) is 0 Å². The van der Waals surface area contributed by atoms with Crippen molar-refractivity contribution in [1.29, 1.82) is 0 Å². The summed E-state index contributed by atoms with van der Waals surface area (Å²) in [6, 6.07) is 16.8. The number of aryl methyl sites for hydroxylation is 2. The molecule has 0 amide bonds. The highest BCUT2D eigenvalue weighted by Gasteiger charge is 2.28. The Morgan fingerprint density at radius 2 is 1.61 bits per heavy atom. The molecule has 0 bridgehead atoms. The number of tetrazole rings is 1. The molecule has 0 saturated carbocycles. The number of rotatable bonds is 8. The second kappa shape index (κ2) is 10.8. The van der Waals surface area contributed by atoms with Crippen LogP contribution in [-0.4, -0.2) is 54.9 Å². The number of aromatic nitrogens is 6. The molecule has 1 aliphatic rings. The van der Waals surface area contributed by atoms with Gasteiger partial charge in [0.2, 0.25) is 0 Å². The summed E-state index contributed by atoms with van der Waals surface area (Å²) >= 11 is 0. The lowest BCUT2D eigenvalue weighted by molar-refractivity contribution is 0.173. The number of hydrogen-bond acceptors (Lipinski definition) is 7. The molecule has 1 unspecified atom stereocenters. The van der Waals surface area contributed by atoms with E-state index in [1.807, 2.05) is 6.08 Å². The van der Waals surface area contributed by atoms with Gasteiger partial charge in [-0.1, -0.05) is 65.7 Å². The highest BCUT2D eigenvalue weighted by atomic mass is 16.3. The second-order valence-corrected chi connectivity index (χ2v) is 9.41. The fraction of sp³-hybridized carbons (Fsp3) is 0.321. The van der Waals surface area contributed by atoms with E-state index in [4.69, 9.17) is 9.97 Å². The predicted octanol–water partition coefficient (Wildman–Crippen LogP) is 4.55. The molecule has 36 heavy (non-hydrogen) atoms. The van der Waals surface area contributed by atoms with Gasteiger partial charge in [-0.15, -0.1) is 5.10 Å². The van der Waals surface area contributed by atoms with Crippen molar-refractivity contribution in [3.05, 3.63) is 77.3 Å². The molecule has 5 rings (SSSR count).